The van der Waals surface area contributed by atoms with E-state index in [2.05, 4.69) is 0 Å². The van der Waals surface area contributed by atoms with Gasteiger partial charge in [0.15, 0.2) is 0 Å². The second-order valence-corrected chi connectivity index (χ2v) is 5.15. The van der Waals surface area contributed by atoms with Crippen molar-refractivity contribution in [3.63, 3.8) is 0 Å². The first-order valence-corrected chi connectivity index (χ1v) is 6.77. The highest BCUT2D eigenvalue weighted by Gasteiger charge is 2.28. The Morgan fingerprint density at radius 2 is 2.16 bits per heavy atom. The van der Waals surface area contributed by atoms with Crippen LogP contribution in [-0.4, -0.2) is 35.1 Å². The lowest BCUT2D eigenvalue weighted by Gasteiger charge is -2.34. The summed E-state index contributed by atoms with van der Waals surface area (Å²) in [5, 5.41) is 9.94. The van der Waals surface area contributed by atoms with Crippen LogP contribution < -0.4 is 0 Å². The van der Waals surface area contributed by atoms with E-state index in [9.17, 15) is 9.90 Å². The summed E-state index contributed by atoms with van der Waals surface area (Å²) < 4.78 is 5.37. The summed E-state index contributed by atoms with van der Waals surface area (Å²) in [6, 6.07) is 3.62. The monoisotopic (exact) mass is 263 g/mol. The van der Waals surface area contributed by atoms with E-state index in [-0.39, 0.29) is 11.9 Å². The molecule has 0 aromatic carbocycles. The number of furan rings is 1. The van der Waals surface area contributed by atoms with Crippen LogP contribution in [-0.2, 0) is 4.79 Å². The molecule has 0 aliphatic heterocycles. The quantitative estimate of drug-likeness (QED) is 0.852. The number of likely N-dealkylation sites (N-methyl/N-ethyl adjacent to an activating group) is 1. The van der Waals surface area contributed by atoms with Crippen molar-refractivity contribution in [2.75, 3.05) is 7.05 Å². The fraction of sp³-hybridized carbons (Fsp3) is 0.533. The van der Waals surface area contributed by atoms with Gasteiger partial charge in [-0.05, 0) is 38.0 Å². The number of hydrogen-bond acceptors (Lipinski definition) is 3. The van der Waals surface area contributed by atoms with E-state index < -0.39 is 6.10 Å². The van der Waals surface area contributed by atoms with Gasteiger partial charge >= 0.3 is 0 Å². The number of carbonyl (C=O) groups is 1. The second-order valence-electron chi connectivity index (χ2n) is 5.15. The van der Waals surface area contributed by atoms with Crippen LogP contribution in [0.3, 0.4) is 0 Å². The Balaban J connectivity index is 1.97. The van der Waals surface area contributed by atoms with Crippen molar-refractivity contribution in [2.24, 2.45) is 0 Å². The molecule has 0 radical (unpaired) electrons. The molecule has 4 nitrogen and oxygen atoms in total. The topological polar surface area (TPSA) is 53.7 Å². The van der Waals surface area contributed by atoms with Crippen LogP contribution in [0.4, 0.5) is 0 Å². The van der Waals surface area contributed by atoms with E-state index >= 15 is 0 Å². The molecule has 1 fully saturated rings. The molecule has 19 heavy (non-hydrogen) atoms. The minimum atomic E-state index is -0.401. The molecule has 0 saturated heterocycles. The number of hydrogen-bond donors (Lipinski definition) is 1. The number of nitrogens with zero attached hydrogens (tertiary/aromatic N) is 1. The molecule has 1 aromatic rings. The molecular formula is C15H21NO3. The van der Waals surface area contributed by atoms with E-state index in [0.29, 0.717) is 5.76 Å². The van der Waals surface area contributed by atoms with E-state index in [1.165, 1.54) is 6.08 Å². The van der Waals surface area contributed by atoms with Gasteiger partial charge in [-0.1, -0.05) is 12.8 Å². The average Bonchev–Trinajstić information content (AvgIpc) is 2.81. The Labute approximate surface area is 113 Å². The van der Waals surface area contributed by atoms with Crippen LogP contribution in [0, 0.1) is 6.92 Å². The SMILES string of the molecule is Cc1ccc(/C=C/C(=O)N(C)C2CCCCC2O)o1. The zero-order chi connectivity index (χ0) is 13.8. The van der Waals surface area contributed by atoms with Crippen LogP contribution in [0.5, 0.6) is 0 Å². The molecule has 0 bridgehead atoms. The molecule has 0 spiro atoms. The van der Waals surface area contributed by atoms with Gasteiger partial charge in [0, 0.05) is 13.1 Å². The Bertz CT molecular complexity index is 464. The number of amides is 1. The molecule has 1 aliphatic carbocycles. The molecule has 1 aliphatic rings. The van der Waals surface area contributed by atoms with Crippen molar-refractivity contribution in [1.82, 2.24) is 4.90 Å². The lowest BCUT2D eigenvalue weighted by molar-refractivity contribution is -0.130. The van der Waals surface area contributed by atoms with Gasteiger partial charge in [-0.2, -0.15) is 0 Å². The highest BCUT2D eigenvalue weighted by molar-refractivity contribution is 5.91. The predicted octanol–water partition coefficient (Wildman–Crippen LogP) is 2.36. The lowest BCUT2D eigenvalue weighted by Crippen LogP contribution is -2.45. The summed E-state index contributed by atoms with van der Waals surface area (Å²) in [5.41, 5.74) is 0. The normalized spacial score (nSPS) is 23.7. The number of aryl methyl sites for hydroxylation is 1. The van der Waals surface area contributed by atoms with E-state index in [1.54, 1.807) is 18.0 Å². The summed E-state index contributed by atoms with van der Waals surface area (Å²) in [4.78, 5) is 13.7. The minimum Gasteiger partial charge on any atom is -0.462 e. The molecule has 1 amide bonds. The van der Waals surface area contributed by atoms with E-state index in [1.807, 2.05) is 19.1 Å². The zero-order valence-corrected chi connectivity index (χ0v) is 11.5. The average molecular weight is 263 g/mol. The standard InChI is InChI=1S/C15H21NO3/c1-11-7-8-12(19-11)9-10-15(18)16(2)13-5-3-4-6-14(13)17/h7-10,13-14,17H,3-6H2,1-2H3/b10-9+. The van der Waals surface area contributed by atoms with E-state index in [4.69, 9.17) is 4.42 Å². The smallest absolute Gasteiger partial charge is 0.246 e. The third-order valence-corrected chi connectivity index (χ3v) is 3.69. The predicted molar refractivity (Wildman–Crippen MR) is 73.5 cm³/mol. The minimum absolute atomic E-state index is 0.0655. The van der Waals surface area contributed by atoms with Crippen molar-refractivity contribution in [3.8, 4) is 0 Å². The first-order valence-electron chi connectivity index (χ1n) is 6.77. The van der Waals surface area contributed by atoms with Crippen molar-refractivity contribution in [1.29, 1.82) is 0 Å². The maximum atomic E-state index is 12.1. The maximum Gasteiger partial charge on any atom is 0.246 e. The fourth-order valence-electron chi connectivity index (χ4n) is 2.52. The van der Waals surface area contributed by atoms with Gasteiger partial charge in [-0.25, -0.2) is 0 Å². The van der Waals surface area contributed by atoms with E-state index in [0.717, 1.165) is 31.4 Å². The van der Waals surface area contributed by atoms with Crippen LogP contribution in [0.15, 0.2) is 22.6 Å². The largest absolute Gasteiger partial charge is 0.462 e. The summed E-state index contributed by atoms with van der Waals surface area (Å²) in [6.07, 6.45) is 6.53. The van der Waals surface area contributed by atoms with Crippen LogP contribution in [0.2, 0.25) is 0 Å². The third kappa shape index (κ3) is 3.47. The third-order valence-electron chi connectivity index (χ3n) is 3.69. The van der Waals surface area contributed by atoms with Crippen LogP contribution in [0.25, 0.3) is 6.08 Å². The summed E-state index contributed by atoms with van der Waals surface area (Å²) in [7, 11) is 1.75. The highest BCUT2D eigenvalue weighted by Crippen LogP contribution is 2.22. The Hall–Kier alpha value is -1.55. The molecular weight excluding hydrogens is 242 g/mol. The van der Waals surface area contributed by atoms with Crippen molar-refractivity contribution in [2.45, 2.75) is 44.8 Å². The molecule has 1 saturated carbocycles. The van der Waals surface area contributed by atoms with Crippen LogP contribution in [0.1, 0.15) is 37.2 Å². The van der Waals surface area contributed by atoms with Crippen molar-refractivity contribution >= 4 is 12.0 Å². The molecule has 2 atom stereocenters. The van der Waals surface area contributed by atoms with Gasteiger partial charge in [-0.3, -0.25) is 4.79 Å². The summed E-state index contributed by atoms with van der Waals surface area (Å²) >= 11 is 0. The summed E-state index contributed by atoms with van der Waals surface area (Å²) in [5.74, 6) is 1.40. The molecule has 104 valence electrons. The van der Waals surface area contributed by atoms with Gasteiger partial charge < -0.3 is 14.4 Å². The maximum absolute atomic E-state index is 12.1. The van der Waals surface area contributed by atoms with Gasteiger partial charge in [0.25, 0.3) is 0 Å². The zero-order valence-electron chi connectivity index (χ0n) is 11.5. The molecule has 4 heteroatoms. The Morgan fingerprint density at radius 3 is 2.79 bits per heavy atom. The first kappa shape index (κ1) is 13.9. The molecule has 1 aromatic heterocycles. The molecule has 2 rings (SSSR count). The second kappa shape index (κ2) is 6.06. The number of rotatable bonds is 3. The number of aliphatic hydroxyl groups excluding tert-OH is 1. The Kier molecular flexibility index (Phi) is 4.43. The lowest BCUT2D eigenvalue weighted by atomic mass is 9.91. The number of carbonyl (C=O) groups excluding carboxylic acids is 1. The molecule has 1 N–H and O–H groups in total. The van der Waals surface area contributed by atoms with Gasteiger partial charge in [0.05, 0.1) is 12.1 Å². The highest BCUT2D eigenvalue weighted by atomic mass is 16.3. The number of aliphatic hydroxyl groups is 1. The fourth-order valence-corrected chi connectivity index (χ4v) is 2.52. The van der Waals surface area contributed by atoms with Gasteiger partial charge in [-0.15, -0.1) is 0 Å². The van der Waals surface area contributed by atoms with Crippen LogP contribution >= 0.6 is 0 Å². The van der Waals surface area contributed by atoms with Crippen molar-refractivity contribution in [3.05, 3.63) is 29.7 Å². The molecule has 1 heterocycles. The molecule has 2 unspecified atom stereocenters. The summed E-state index contributed by atoms with van der Waals surface area (Å²) in [6.45, 7) is 1.86. The van der Waals surface area contributed by atoms with Crippen molar-refractivity contribution < 1.29 is 14.3 Å². The van der Waals surface area contributed by atoms with Gasteiger partial charge in [0.1, 0.15) is 11.5 Å². The van der Waals surface area contributed by atoms with Gasteiger partial charge in [0.2, 0.25) is 5.91 Å². The first-order chi connectivity index (χ1) is 9.08. The Morgan fingerprint density at radius 1 is 1.42 bits per heavy atom.